The molecule has 1 saturated carbocycles. The van der Waals surface area contributed by atoms with Crippen LogP contribution in [-0.4, -0.2) is 61.5 Å². The van der Waals surface area contributed by atoms with Crippen molar-refractivity contribution < 1.29 is 14.4 Å². The Bertz CT molecular complexity index is 494. The highest BCUT2D eigenvalue weighted by atomic mass is 16.2. The molecule has 0 aromatic heterocycles. The Morgan fingerprint density at radius 2 is 1.74 bits per heavy atom. The largest absolute Gasteiger partial charge is 0.355 e. The summed E-state index contributed by atoms with van der Waals surface area (Å²) in [6.07, 6.45) is 8.38. The van der Waals surface area contributed by atoms with Crippen molar-refractivity contribution in [2.24, 2.45) is 11.7 Å². The Balaban J connectivity index is 1.60. The molecular formula is C19H35N5O3. The SMILES string of the molecule is NCCNC(=O)C1CCCN(C(=O)CCCNC(=O)NC2CCCCC2)C1. The van der Waals surface area contributed by atoms with Crippen molar-refractivity contribution in [1.29, 1.82) is 0 Å². The fraction of sp³-hybridized carbons (Fsp3) is 0.842. The van der Waals surface area contributed by atoms with Crippen molar-refractivity contribution in [3.63, 3.8) is 0 Å². The number of nitrogens with two attached hydrogens (primary N) is 1. The van der Waals surface area contributed by atoms with Gasteiger partial charge in [-0.3, -0.25) is 9.59 Å². The van der Waals surface area contributed by atoms with E-state index in [1.807, 2.05) is 0 Å². The predicted molar refractivity (Wildman–Crippen MR) is 104 cm³/mol. The molecule has 1 saturated heterocycles. The maximum atomic E-state index is 12.4. The smallest absolute Gasteiger partial charge is 0.315 e. The van der Waals surface area contributed by atoms with Crippen LogP contribution >= 0.6 is 0 Å². The first kappa shape index (κ1) is 21.5. The van der Waals surface area contributed by atoms with Gasteiger partial charge in [0.25, 0.3) is 0 Å². The first-order valence-corrected chi connectivity index (χ1v) is 10.4. The van der Waals surface area contributed by atoms with Gasteiger partial charge >= 0.3 is 6.03 Å². The predicted octanol–water partition coefficient (Wildman–Crippen LogP) is 0.712. The van der Waals surface area contributed by atoms with E-state index in [0.29, 0.717) is 45.6 Å². The van der Waals surface area contributed by atoms with Crippen LogP contribution in [0.5, 0.6) is 0 Å². The number of carbonyl (C=O) groups excluding carboxylic acids is 3. The topological polar surface area (TPSA) is 117 Å². The second-order valence-electron chi connectivity index (χ2n) is 7.60. The molecule has 0 bridgehead atoms. The standard InChI is InChI=1S/C19H35N5O3/c20-10-12-21-18(26)15-6-5-13-24(14-15)17(25)9-4-11-22-19(27)23-16-7-2-1-3-8-16/h15-16H,1-14,20H2,(H,21,26)(H2,22,23,27). The van der Waals surface area contributed by atoms with Crippen LogP contribution in [0.15, 0.2) is 0 Å². The Morgan fingerprint density at radius 1 is 0.963 bits per heavy atom. The van der Waals surface area contributed by atoms with Gasteiger partial charge in [-0.25, -0.2) is 4.79 Å². The Kier molecular flexibility index (Phi) is 9.38. The lowest BCUT2D eigenvalue weighted by atomic mass is 9.96. The molecule has 27 heavy (non-hydrogen) atoms. The third-order valence-corrected chi connectivity index (χ3v) is 5.38. The van der Waals surface area contributed by atoms with Crippen LogP contribution in [0.4, 0.5) is 4.79 Å². The third-order valence-electron chi connectivity index (χ3n) is 5.38. The van der Waals surface area contributed by atoms with Crippen LogP contribution in [0.25, 0.3) is 0 Å². The number of carbonyl (C=O) groups is 3. The van der Waals surface area contributed by atoms with E-state index in [1.165, 1.54) is 19.3 Å². The molecule has 0 aromatic carbocycles. The Hall–Kier alpha value is -1.83. The molecule has 2 rings (SSSR count). The maximum absolute atomic E-state index is 12.4. The lowest BCUT2D eigenvalue weighted by Crippen LogP contribution is -2.46. The van der Waals surface area contributed by atoms with Gasteiger partial charge in [-0.2, -0.15) is 0 Å². The molecule has 154 valence electrons. The number of nitrogens with one attached hydrogen (secondary N) is 3. The summed E-state index contributed by atoms with van der Waals surface area (Å²) in [7, 11) is 0. The van der Waals surface area contributed by atoms with Crippen molar-refractivity contribution in [3.05, 3.63) is 0 Å². The average molecular weight is 382 g/mol. The lowest BCUT2D eigenvalue weighted by molar-refractivity contribution is -0.135. The summed E-state index contributed by atoms with van der Waals surface area (Å²) in [6, 6.07) is 0.153. The van der Waals surface area contributed by atoms with E-state index in [0.717, 1.165) is 25.7 Å². The average Bonchev–Trinajstić information content (AvgIpc) is 2.70. The van der Waals surface area contributed by atoms with Gasteiger partial charge in [0.15, 0.2) is 0 Å². The number of likely N-dealkylation sites (tertiary alicyclic amines) is 1. The maximum Gasteiger partial charge on any atom is 0.315 e. The highest BCUT2D eigenvalue weighted by molar-refractivity contribution is 5.81. The summed E-state index contributed by atoms with van der Waals surface area (Å²) < 4.78 is 0. The molecule has 8 nitrogen and oxygen atoms in total. The minimum absolute atomic E-state index is 0.0148. The van der Waals surface area contributed by atoms with E-state index in [-0.39, 0.29) is 29.8 Å². The molecule has 5 N–H and O–H groups in total. The van der Waals surface area contributed by atoms with E-state index in [4.69, 9.17) is 5.73 Å². The van der Waals surface area contributed by atoms with Crippen LogP contribution in [0.2, 0.25) is 0 Å². The van der Waals surface area contributed by atoms with E-state index in [2.05, 4.69) is 16.0 Å². The van der Waals surface area contributed by atoms with Gasteiger partial charge in [0, 0.05) is 45.2 Å². The summed E-state index contributed by atoms with van der Waals surface area (Å²) in [4.78, 5) is 38.1. The van der Waals surface area contributed by atoms with Crippen molar-refractivity contribution in [2.45, 2.75) is 63.8 Å². The number of hydrogen-bond donors (Lipinski definition) is 4. The third kappa shape index (κ3) is 7.74. The normalized spacial score (nSPS) is 20.8. The van der Waals surface area contributed by atoms with Crippen molar-refractivity contribution >= 4 is 17.8 Å². The monoisotopic (exact) mass is 381 g/mol. The highest BCUT2D eigenvalue weighted by Crippen LogP contribution is 2.18. The fourth-order valence-corrected chi connectivity index (χ4v) is 3.84. The van der Waals surface area contributed by atoms with E-state index in [1.54, 1.807) is 4.90 Å². The Morgan fingerprint density at radius 3 is 2.48 bits per heavy atom. The summed E-state index contributed by atoms with van der Waals surface area (Å²) in [6.45, 7) is 2.55. The van der Waals surface area contributed by atoms with Crippen LogP contribution < -0.4 is 21.7 Å². The van der Waals surface area contributed by atoms with Gasteiger partial charge in [0.05, 0.1) is 5.92 Å². The molecule has 1 aliphatic carbocycles. The van der Waals surface area contributed by atoms with Crippen molar-refractivity contribution in [2.75, 3.05) is 32.7 Å². The summed E-state index contributed by atoms with van der Waals surface area (Å²) in [5, 5.41) is 8.65. The van der Waals surface area contributed by atoms with E-state index in [9.17, 15) is 14.4 Å². The number of amides is 4. The van der Waals surface area contributed by atoms with Crippen LogP contribution in [0, 0.1) is 5.92 Å². The second-order valence-corrected chi connectivity index (χ2v) is 7.60. The molecule has 1 heterocycles. The zero-order valence-electron chi connectivity index (χ0n) is 16.3. The minimum Gasteiger partial charge on any atom is -0.355 e. The fourth-order valence-electron chi connectivity index (χ4n) is 3.84. The molecule has 1 atom stereocenters. The molecule has 1 unspecified atom stereocenters. The second kappa shape index (κ2) is 11.8. The van der Waals surface area contributed by atoms with E-state index >= 15 is 0 Å². The van der Waals surface area contributed by atoms with Crippen LogP contribution in [-0.2, 0) is 9.59 Å². The first-order chi connectivity index (χ1) is 13.1. The van der Waals surface area contributed by atoms with Crippen LogP contribution in [0.1, 0.15) is 57.8 Å². The van der Waals surface area contributed by atoms with Gasteiger partial charge in [-0.15, -0.1) is 0 Å². The molecule has 8 heteroatoms. The molecule has 0 radical (unpaired) electrons. The quantitative estimate of drug-likeness (QED) is 0.463. The van der Waals surface area contributed by atoms with Gasteiger partial charge < -0.3 is 26.6 Å². The summed E-state index contributed by atoms with van der Waals surface area (Å²) in [5.41, 5.74) is 5.41. The highest BCUT2D eigenvalue weighted by Gasteiger charge is 2.27. The number of hydrogen-bond acceptors (Lipinski definition) is 4. The Labute approximate surface area is 162 Å². The first-order valence-electron chi connectivity index (χ1n) is 10.4. The van der Waals surface area contributed by atoms with E-state index < -0.39 is 0 Å². The van der Waals surface area contributed by atoms with Gasteiger partial charge in [0.1, 0.15) is 0 Å². The van der Waals surface area contributed by atoms with Crippen LogP contribution in [0.3, 0.4) is 0 Å². The van der Waals surface area contributed by atoms with Gasteiger partial charge in [0.2, 0.25) is 11.8 Å². The summed E-state index contributed by atoms with van der Waals surface area (Å²) in [5.74, 6) is -0.103. The zero-order chi connectivity index (χ0) is 19.5. The number of piperidine rings is 1. The molecule has 4 amide bonds. The molecule has 0 aromatic rings. The zero-order valence-corrected chi connectivity index (χ0v) is 16.3. The van der Waals surface area contributed by atoms with Crippen molar-refractivity contribution in [3.8, 4) is 0 Å². The van der Waals surface area contributed by atoms with Gasteiger partial charge in [-0.05, 0) is 32.1 Å². The molecule has 2 fully saturated rings. The molecule has 2 aliphatic rings. The minimum atomic E-state index is -0.145. The van der Waals surface area contributed by atoms with Crippen molar-refractivity contribution in [1.82, 2.24) is 20.9 Å². The number of urea groups is 1. The number of rotatable bonds is 8. The van der Waals surface area contributed by atoms with Gasteiger partial charge in [-0.1, -0.05) is 19.3 Å². The molecular weight excluding hydrogens is 346 g/mol. The summed E-state index contributed by atoms with van der Waals surface area (Å²) >= 11 is 0. The molecule has 0 spiro atoms. The lowest BCUT2D eigenvalue weighted by Gasteiger charge is -2.32. The number of nitrogens with zero attached hydrogens (tertiary/aromatic N) is 1. The molecule has 1 aliphatic heterocycles.